The standard InChI is InChI=1S/C11H17NO/c1-8(11(13)9(2)12)10-6-4-3-5-7-10/h3-9,11,13H,12H2,1-2H3/t8?,9-,11-/m0/s1. The SMILES string of the molecule is CC(c1ccccc1)[C@H](O)[C@H](C)N. The fraction of sp³-hybridized carbons (Fsp3) is 0.455. The summed E-state index contributed by atoms with van der Waals surface area (Å²) in [6, 6.07) is 9.75. The minimum atomic E-state index is -0.470. The highest BCUT2D eigenvalue weighted by atomic mass is 16.3. The molecule has 3 N–H and O–H groups in total. The van der Waals surface area contributed by atoms with E-state index in [-0.39, 0.29) is 12.0 Å². The monoisotopic (exact) mass is 179 g/mol. The molecule has 0 saturated heterocycles. The van der Waals surface area contributed by atoms with Gasteiger partial charge in [-0.2, -0.15) is 0 Å². The van der Waals surface area contributed by atoms with E-state index in [1.165, 1.54) is 0 Å². The molecule has 1 rings (SSSR count). The average Bonchev–Trinajstić information content (AvgIpc) is 2.17. The molecule has 72 valence electrons. The highest BCUT2D eigenvalue weighted by molar-refractivity contribution is 5.20. The van der Waals surface area contributed by atoms with Gasteiger partial charge in [-0.15, -0.1) is 0 Å². The summed E-state index contributed by atoms with van der Waals surface area (Å²) in [6.07, 6.45) is -0.470. The molecule has 0 aliphatic carbocycles. The van der Waals surface area contributed by atoms with Gasteiger partial charge in [-0.3, -0.25) is 0 Å². The number of rotatable bonds is 3. The topological polar surface area (TPSA) is 46.2 Å². The maximum Gasteiger partial charge on any atom is 0.0754 e. The molecule has 3 atom stereocenters. The quantitative estimate of drug-likeness (QED) is 0.738. The Morgan fingerprint density at radius 2 is 1.69 bits per heavy atom. The van der Waals surface area contributed by atoms with Gasteiger partial charge in [0.05, 0.1) is 6.10 Å². The van der Waals surface area contributed by atoms with Crippen LogP contribution in [0.4, 0.5) is 0 Å². The molecule has 0 amide bonds. The predicted octanol–water partition coefficient (Wildman–Crippen LogP) is 1.50. The van der Waals surface area contributed by atoms with Crippen molar-refractivity contribution in [2.75, 3.05) is 0 Å². The molecule has 1 unspecified atom stereocenters. The minimum Gasteiger partial charge on any atom is -0.391 e. The van der Waals surface area contributed by atoms with Gasteiger partial charge in [0.25, 0.3) is 0 Å². The minimum absolute atomic E-state index is 0.0983. The summed E-state index contributed by atoms with van der Waals surface area (Å²) in [5.41, 5.74) is 6.76. The van der Waals surface area contributed by atoms with E-state index in [1.807, 2.05) is 44.2 Å². The zero-order valence-electron chi connectivity index (χ0n) is 8.14. The van der Waals surface area contributed by atoms with Gasteiger partial charge >= 0.3 is 0 Å². The molecule has 1 aromatic carbocycles. The third-order valence-electron chi connectivity index (χ3n) is 2.38. The van der Waals surface area contributed by atoms with Gasteiger partial charge in [-0.05, 0) is 12.5 Å². The normalized spacial score (nSPS) is 17.8. The van der Waals surface area contributed by atoms with E-state index in [1.54, 1.807) is 0 Å². The highest BCUT2D eigenvalue weighted by Gasteiger charge is 2.19. The van der Waals surface area contributed by atoms with Crippen LogP contribution in [0.3, 0.4) is 0 Å². The summed E-state index contributed by atoms with van der Waals surface area (Å²) in [5.74, 6) is 0.0983. The smallest absolute Gasteiger partial charge is 0.0754 e. The summed E-state index contributed by atoms with van der Waals surface area (Å²) < 4.78 is 0. The third-order valence-corrected chi connectivity index (χ3v) is 2.38. The van der Waals surface area contributed by atoms with Gasteiger partial charge < -0.3 is 10.8 Å². The lowest BCUT2D eigenvalue weighted by Crippen LogP contribution is -2.35. The Labute approximate surface area is 79.4 Å². The number of aliphatic hydroxyl groups is 1. The molecule has 13 heavy (non-hydrogen) atoms. The van der Waals surface area contributed by atoms with Crippen molar-refractivity contribution in [2.45, 2.75) is 31.9 Å². The van der Waals surface area contributed by atoms with Crippen molar-refractivity contribution < 1.29 is 5.11 Å². The molecular weight excluding hydrogens is 162 g/mol. The first-order valence-corrected chi connectivity index (χ1v) is 4.61. The summed E-state index contributed by atoms with van der Waals surface area (Å²) in [6.45, 7) is 3.81. The lowest BCUT2D eigenvalue weighted by molar-refractivity contribution is 0.127. The molecule has 0 radical (unpaired) electrons. The highest BCUT2D eigenvalue weighted by Crippen LogP contribution is 2.19. The van der Waals surface area contributed by atoms with E-state index in [2.05, 4.69) is 0 Å². The Balaban J connectivity index is 2.73. The second-order valence-electron chi connectivity index (χ2n) is 3.55. The van der Waals surface area contributed by atoms with Crippen LogP contribution in [0.2, 0.25) is 0 Å². The Bertz CT molecular complexity index is 246. The average molecular weight is 179 g/mol. The van der Waals surface area contributed by atoms with Crippen LogP contribution in [-0.4, -0.2) is 17.3 Å². The van der Waals surface area contributed by atoms with Crippen LogP contribution in [-0.2, 0) is 0 Å². The van der Waals surface area contributed by atoms with Crippen LogP contribution < -0.4 is 5.73 Å². The second-order valence-corrected chi connectivity index (χ2v) is 3.55. The van der Waals surface area contributed by atoms with E-state index in [4.69, 9.17) is 5.73 Å². The molecule has 0 aliphatic rings. The number of aliphatic hydroxyl groups excluding tert-OH is 1. The maximum atomic E-state index is 9.72. The Morgan fingerprint density at radius 1 is 1.15 bits per heavy atom. The van der Waals surface area contributed by atoms with Crippen molar-refractivity contribution in [3.63, 3.8) is 0 Å². The first kappa shape index (κ1) is 10.2. The first-order chi connectivity index (χ1) is 6.13. The molecular formula is C11H17NO. The largest absolute Gasteiger partial charge is 0.391 e. The van der Waals surface area contributed by atoms with Crippen molar-refractivity contribution in [3.05, 3.63) is 35.9 Å². The second kappa shape index (κ2) is 4.40. The van der Waals surface area contributed by atoms with Crippen molar-refractivity contribution in [1.29, 1.82) is 0 Å². The summed E-state index contributed by atoms with van der Waals surface area (Å²) in [4.78, 5) is 0. The fourth-order valence-electron chi connectivity index (χ4n) is 1.41. The molecule has 2 heteroatoms. The lowest BCUT2D eigenvalue weighted by atomic mass is 9.92. The molecule has 0 heterocycles. The van der Waals surface area contributed by atoms with E-state index in [0.29, 0.717) is 0 Å². The summed E-state index contributed by atoms with van der Waals surface area (Å²) >= 11 is 0. The third kappa shape index (κ3) is 2.54. The molecule has 0 saturated carbocycles. The maximum absolute atomic E-state index is 9.72. The van der Waals surface area contributed by atoms with Crippen molar-refractivity contribution in [1.82, 2.24) is 0 Å². The van der Waals surface area contributed by atoms with Crippen molar-refractivity contribution in [2.24, 2.45) is 5.73 Å². The summed E-state index contributed by atoms with van der Waals surface area (Å²) in [7, 11) is 0. The van der Waals surface area contributed by atoms with Crippen LogP contribution in [0.15, 0.2) is 30.3 Å². The van der Waals surface area contributed by atoms with Crippen molar-refractivity contribution >= 4 is 0 Å². The van der Waals surface area contributed by atoms with Crippen LogP contribution in [0.25, 0.3) is 0 Å². The van der Waals surface area contributed by atoms with Crippen LogP contribution in [0, 0.1) is 0 Å². The Morgan fingerprint density at radius 3 is 2.15 bits per heavy atom. The van der Waals surface area contributed by atoms with Gasteiger partial charge in [0.1, 0.15) is 0 Å². The van der Waals surface area contributed by atoms with Crippen LogP contribution >= 0.6 is 0 Å². The molecule has 1 aromatic rings. The molecule has 0 fully saturated rings. The Kier molecular flexibility index (Phi) is 3.46. The number of nitrogens with two attached hydrogens (primary N) is 1. The molecule has 0 aliphatic heterocycles. The zero-order valence-corrected chi connectivity index (χ0v) is 8.14. The van der Waals surface area contributed by atoms with Gasteiger partial charge in [0.15, 0.2) is 0 Å². The molecule has 2 nitrogen and oxygen atoms in total. The van der Waals surface area contributed by atoms with E-state index in [9.17, 15) is 5.11 Å². The van der Waals surface area contributed by atoms with Gasteiger partial charge in [-0.1, -0.05) is 37.3 Å². The lowest BCUT2D eigenvalue weighted by Gasteiger charge is -2.22. The first-order valence-electron chi connectivity index (χ1n) is 4.61. The van der Waals surface area contributed by atoms with Gasteiger partial charge in [0, 0.05) is 12.0 Å². The van der Waals surface area contributed by atoms with Gasteiger partial charge in [-0.25, -0.2) is 0 Å². The van der Waals surface area contributed by atoms with E-state index >= 15 is 0 Å². The number of hydrogen-bond acceptors (Lipinski definition) is 2. The zero-order chi connectivity index (χ0) is 9.84. The number of benzene rings is 1. The van der Waals surface area contributed by atoms with Crippen LogP contribution in [0.5, 0.6) is 0 Å². The molecule has 0 aromatic heterocycles. The molecule has 0 spiro atoms. The Hall–Kier alpha value is -0.860. The number of hydrogen-bond donors (Lipinski definition) is 2. The summed E-state index contributed by atoms with van der Waals surface area (Å²) in [5, 5.41) is 9.72. The van der Waals surface area contributed by atoms with E-state index < -0.39 is 6.10 Å². The molecule has 0 bridgehead atoms. The van der Waals surface area contributed by atoms with Crippen molar-refractivity contribution in [3.8, 4) is 0 Å². The van der Waals surface area contributed by atoms with E-state index in [0.717, 1.165) is 5.56 Å². The van der Waals surface area contributed by atoms with Crippen LogP contribution in [0.1, 0.15) is 25.3 Å². The van der Waals surface area contributed by atoms with Gasteiger partial charge in [0.2, 0.25) is 0 Å². The predicted molar refractivity (Wildman–Crippen MR) is 54.5 cm³/mol. The fourth-order valence-corrected chi connectivity index (χ4v) is 1.41.